The zero-order valence-corrected chi connectivity index (χ0v) is 13.8. The van der Waals surface area contributed by atoms with E-state index in [-0.39, 0.29) is 18.2 Å². The van der Waals surface area contributed by atoms with Gasteiger partial charge in [0.05, 0.1) is 17.6 Å². The average molecular weight is 300 g/mol. The predicted molar refractivity (Wildman–Crippen MR) is 78.0 cm³/mol. The number of ether oxygens (including phenoxy) is 1. The number of carbonyl (C=O) groups excluding carboxylic acids is 1. The molecule has 1 N–H and O–H groups in total. The fraction of sp³-hybridized carbons (Fsp3) is 0.562. The summed E-state index contributed by atoms with van der Waals surface area (Å²) in [6, 6.07) is 8.59. The van der Waals surface area contributed by atoms with E-state index in [0.29, 0.717) is 30.0 Å². The zero-order chi connectivity index (χ0) is 14.4. The van der Waals surface area contributed by atoms with Gasteiger partial charge in [-0.15, -0.1) is 0 Å². The summed E-state index contributed by atoms with van der Waals surface area (Å²) < 4.78 is 5.79. The second kappa shape index (κ2) is 8.98. The number of ketones is 1. The Balaban J connectivity index is 0.00000361. The molecule has 0 atom stereocenters. The molecular weight excluding hydrogens is 274 g/mol. The highest BCUT2D eigenvalue weighted by molar-refractivity contribution is 5.96. The van der Waals surface area contributed by atoms with E-state index in [1.807, 2.05) is 24.3 Å². The van der Waals surface area contributed by atoms with Gasteiger partial charge >= 0.3 is 0 Å². The van der Waals surface area contributed by atoms with Gasteiger partial charge < -0.3 is 22.0 Å². The minimum atomic E-state index is 0. The lowest BCUT2D eigenvalue weighted by atomic mass is 10.1. The van der Waals surface area contributed by atoms with Crippen LogP contribution in [0.5, 0.6) is 5.75 Å². The highest BCUT2D eigenvalue weighted by Crippen LogP contribution is 2.17. The first-order chi connectivity index (χ1) is 8.93. The van der Waals surface area contributed by atoms with Gasteiger partial charge in [-0.05, 0) is 46.8 Å². The summed E-state index contributed by atoms with van der Waals surface area (Å²) in [5, 5.41) is 0. The van der Waals surface area contributed by atoms with Crippen LogP contribution in [-0.4, -0.2) is 31.0 Å². The van der Waals surface area contributed by atoms with Gasteiger partial charge in [0.25, 0.3) is 0 Å². The Morgan fingerprint density at radius 1 is 1.15 bits per heavy atom. The largest absolute Gasteiger partial charge is 1.00 e. The number of para-hydroxylation sites is 1. The fourth-order valence-electron chi connectivity index (χ4n) is 2.41. The molecule has 114 valence electrons. The molecule has 4 heteroatoms. The lowest BCUT2D eigenvalue weighted by Crippen LogP contribution is -3.18. The van der Waals surface area contributed by atoms with Gasteiger partial charge in [-0.2, -0.15) is 0 Å². The summed E-state index contributed by atoms with van der Waals surface area (Å²) in [5.41, 5.74) is 0.665. The molecule has 0 heterocycles. The summed E-state index contributed by atoms with van der Waals surface area (Å²) in [6.07, 6.45) is 0. The summed E-state index contributed by atoms with van der Waals surface area (Å²) >= 11 is 0. The molecule has 0 aromatic heterocycles. The molecular formula is C16H26ClNO2. The molecule has 0 saturated carbocycles. The smallest absolute Gasteiger partial charge is 0.163 e. The maximum Gasteiger partial charge on any atom is 0.163 e. The van der Waals surface area contributed by atoms with Gasteiger partial charge in [0.15, 0.2) is 5.78 Å². The minimum absolute atomic E-state index is 0. The Kier molecular flexibility index (Phi) is 8.51. The van der Waals surface area contributed by atoms with Crippen molar-refractivity contribution in [2.45, 2.75) is 46.7 Å². The third-order valence-corrected chi connectivity index (χ3v) is 3.40. The maximum absolute atomic E-state index is 11.5. The SMILES string of the molecule is CC(=O)c1ccccc1OCC[NH+](C(C)C)C(C)C.[Cl-]. The molecule has 0 radical (unpaired) electrons. The number of benzene rings is 1. The van der Waals surface area contributed by atoms with E-state index in [9.17, 15) is 4.79 Å². The number of halogens is 1. The van der Waals surface area contributed by atoms with Gasteiger partial charge in [-0.1, -0.05) is 12.1 Å². The van der Waals surface area contributed by atoms with Crippen molar-refractivity contribution in [2.24, 2.45) is 0 Å². The number of Topliss-reactive ketones (excluding diaryl/α,β-unsaturated/α-hetero) is 1. The summed E-state index contributed by atoms with van der Waals surface area (Å²) in [6.45, 7) is 12.0. The fourth-order valence-corrected chi connectivity index (χ4v) is 2.41. The highest BCUT2D eigenvalue weighted by Gasteiger charge is 2.17. The average Bonchev–Trinajstić information content (AvgIpc) is 2.33. The third kappa shape index (κ3) is 5.51. The molecule has 1 aromatic carbocycles. The van der Waals surface area contributed by atoms with Gasteiger partial charge in [0.1, 0.15) is 18.9 Å². The number of hydrogen-bond donors (Lipinski definition) is 1. The van der Waals surface area contributed by atoms with Crippen LogP contribution in [0.1, 0.15) is 45.0 Å². The molecule has 1 rings (SSSR count). The van der Waals surface area contributed by atoms with Gasteiger partial charge in [-0.3, -0.25) is 4.79 Å². The Morgan fingerprint density at radius 2 is 1.70 bits per heavy atom. The maximum atomic E-state index is 11.5. The Labute approximate surface area is 128 Å². The van der Waals surface area contributed by atoms with Crippen LogP contribution >= 0.6 is 0 Å². The van der Waals surface area contributed by atoms with Crippen LogP contribution in [0.15, 0.2) is 24.3 Å². The number of quaternary nitrogens is 1. The van der Waals surface area contributed by atoms with Crippen molar-refractivity contribution < 1.29 is 26.8 Å². The molecule has 0 bridgehead atoms. The van der Waals surface area contributed by atoms with Crippen molar-refractivity contribution in [3.05, 3.63) is 29.8 Å². The van der Waals surface area contributed by atoms with Crippen LogP contribution in [0, 0.1) is 0 Å². The van der Waals surface area contributed by atoms with Crippen LogP contribution < -0.4 is 22.0 Å². The van der Waals surface area contributed by atoms with Crippen molar-refractivity contribution in [1.82, 2.24) is 0 Å². The van der Waals surface area contributed by atoms with Crippen LogP contribution in [0.4, 0.5) is 0 Å². The molecule has 0 amide bonds. The zero-order valence-electron chi connectivity index (χ0n) is 13.1. The summed E-state index contributed by atoms with van der Waals surface area (Å²) in [5.74, 6) is 0.745. The summed E-state index contributed by atoms with van der Waals surface area (Å²) in [7, 11) is 0. The molecule has 20 heavy (non-hydrogen) atoms. The van der Waals surface area contributed by atoms with Crippen molar-refractivity contribution in [1.29, 1.82) is 0 Å². The molecule has 0 fully saturated rings. The molecule has 0 aliphatic carbocycles. The second-order valence-electron chi connectivity index (χ2n) is 5.54. The first-order valence-electron chi connectivity index (χ1n) is 7.01. The van der Waals surface area contributed by atoms with E-state index in [1.165, 1.54) is 4.90 Å². The molecule has 0 unspecified atom stereocenters. The van der Waals surface area contributed by atoms with E-state index in [2.05, 4.69) is 27.7 Å². The van der Waals surface area contributed by atoms with Crippen molar-refractivity contribution in [3.63, 3.8) is 0 Å². The molecule has 0 spiro atoms. The number of hydrogen-bond acceptors (Lipinski definition) is 2. The van der Waals surface area contributed by atoms with Crippen molar-refractivity contribution in [2.75, 3.05) is 13.2 Å². The molecule has 0 saturated heterocycles. The molecule has 0 aliphatic rings. The standard InChI is InChI=1S/C16H25NO2.ClH/c1-12(2)17(13(3)4)10-11-19-16-9-7-6-8-15(16)14(5)18;/h6-9,12-13H,10-11H2,1-5H3;1H. The first kappa shape index (κ1) is 18.9. The Hall–Kier alpha value is -1.06. The summed E-state index contributed by atoms with van der Waals surface area (Å²) in [4.78, 5) is 13.0. The molecule has 3 nitrogen and oxygen atoms in total. The van der Waals surface area contributed by atoms with Crippen LogP contribution in [0.2, 0.25) is 0 Å². The van der Waals surface area contributed by atoms with E-state index >= 15 is 0 Å². The van der Waals surface area contributed by atoms with E-state index in [1.54, 1.807) is 6.92 Å². The lowest BCUT2D eigenvalue weighted by molar-refractivity contribution is -0.942. The normalized spacial score (nSPS) is 10.8. The number of nitrogens with one attached hydrogen (secondary N) is 1. The van der Waals surface area contributed by atoms with Crippen LogP contribution in [0.25, 0.3) is 0 Å². The highest BCUT2D eigenvalue weighted by atomic mass is 35.5. The van der Waals surface area contributed by atoms with E-state index < -0.39 is 0 Å². The van der Waals surface area contributed by atoms with Crippen molar-refractivity contribution >= 4 is 5.78 Å². The number of rotatable bonds is 7. The third-order valence-electron chi connectivity index (χ3n) is 3.40. The topological polar surface area (TPSA) is 30.7 Å². The van der Waals surface area contributed by atoms with Gasteiger partial charge in [-0.25, -0.2) is 0 Å². The molecule has 0 aliphatic heterocycles. The van der Waals surface area contributed by atoms with Crippen LogP contribution in [0.3, 0.4) is 0 Å². The van der Waals surface area contributed by atoms with Crippen LogP contribution in [-0.2, 0) is 0 Å². The lowest BCUT2D eigenvalue weighted by Gasteiger charge is -2.27. The predicted octanol–water partition coefficient (Wildman–Crippen LogP) is -1.03. The second-order valence-corrected chi connectivity index (χ2v) is 5.54. The van der Waals surface area contributed by atoms with E-state index in [4.69, 9.17) is 4.74 Å². The Bertz CT molecular complexity index is 411. The number of carbonyl (C=O) groups is 1. The minimum Gasteiger partial charge on any atom is -1.00 e. The monoisotopic (exact) mass is 299 g/mol. The first-order valence-corrected chi connectivity index (χ1v) is 7.01. The quantitative estimate of drug-likeness (QED) is 0.653. The van der Waals surface area contributed by atoms with Gasteiger partial charge in [0.2, 0.25) is 0 Å². The van der Waals surface area contributed by atoms with Gasteiger partial charge in [0, 0.05) is 0 Å². The van der Waals surface area contributed by atoms with Crippen molar-refractivity contribution in [3.8, 4) is 5.75 Å². The Morgan fingerprint density at radius 3 is 2.20 bits per heavy atom. The van der Waals surface area contributed by atoms with E-state index in [0.717, 1.165) is 6.54 Å². The molecule has 1 aromatic rings.